The molecule has 12 nitrogen and oxygen atoms in total. The van der Waals surface area contributed by atoms with Gasteiger partial charge < -0.3 is 55.7 Å². The smallest absolute Gasteiger partial charge is 0.193 e. The van der Waals surface area contributed by atoms with Crippen LogP contribution in [-0.2, 0) is 50.6 Å². The number of methoxy groups -OCH3 is 5. The van der Waals surface area contributed by atoms with Crippen molar-refractivity contribution < 1.29 is 55.7 Å². The van der Waals surface area contributed by atoms with Gasteiger partial charge >= 0.3 is 0 Å². The molecule has 0 unspecified atom stereocenters. The molecule has 0 aromatic heterocycles. The van der Waals surface area contributed by atoms with Gasteiger partial charge in [-0.2, -0.15) is 0 Å². The monoisotopic (exact) mass is 1600 g/mol. The largest absolute Gasteiger partial charge is 0.409 e. The first-order valence-electron chi connectivity index (χ1n) is 37.4. The fraction of sp³-hybridized carbons (Fsp3) is 0.911. The molecule has 1 N–H and O–H groups in total. The molecule has 588 valence electrons. The number of terminal acetylenes is 1. The van der Waals surface area contributed by atoms with E-state index in [2.05, 4.69) is 295 Å². The lowest BCUT2D eigenvalue weighted by molar-refractivity contribution is -0.132. The maximum absolute atomic E-state index is 11.5. The molecule has 0 saturated carbocycles. The number of rotatable bonds is 39. The van der Waals surface area contributed by atoms with Gasteiger partial charge in [-0.3, -0.25) is 0 Å². The predicted octanol–water partition coefficient (Wildman–Crippen LogP) is 24.9. The summed E-state index contributed by atoms with van der Waals surface area (Å²) >= 11 is 6.96. The van der Waals surface area contributed by atoms with Gasteiger partial charge in [0.15, 0.2) is 41.6 Å². The Labute approximate surface area is 632 Å². The number of halogens is 2. The van der Waals surface area contributed by atoms with Gasteiger partial charge in [-0.15, -0.1) is 6.42 Å². The lowest BCUT2D eigenvalue weighted by atomic mass is 9.92. The van der Waals surface area contributed by atoms with Gasteiger partial charge in [0, 0.05) is 35.5 Å². The van der Waals surface area contributed by atoms with Crippen LogP contribution < -0.4 is 0 Å². The van der Waals surface area contributed by atoms with Crippen LogP contribution in [0.3, 0.4) is 0 Å². The van der Waals surface area contributed by atoms with Crippen LogP contribution in [0.15, 0.2) is 21.6 Å². The Kier molecular flexibility index (Phi) is 50.7. The number of hydrogen-bond acceptors (Lipinski definition) is 12. The third kappa shape index (κ3) is 37.2. The van der Waals surface area contributed by atoms with Gasteiger partial charge in [0.25, 0.3) is 0 Å². The third-order valence-corrected chi connectivity index (χ3v) is 45.6. The maximum Gasteiger partial charge on any atom is 0.193 e. The van der Waals surface area contributed by atoms with Crippen molar-refractivity contribution in [2.24, 2.45) is 0 Å². The first-order valence-corrected chi connectivity index (χ1v) is 53.5. The zero-order chi connectivity index (χ0) is 78.9. The topological polar surface area (TPSA) is 130 Å². The third-order valence-electron chi connectivity index (χ3n) is 22.7. The Morgan fingerprint density at radius 2 is 0.653 bits per heavy atom. The standard InChI is InChI=1S/C17H36O2Si.C16H32Br2O2Si.C16H32O2Si.C15H34O3Si.C15H32O3Si/c1-10-12-14-17(6,18-7)15(13-11-2)19-20(8,9)16(3,4)5;1-9-10-11-16(5,19-6)13(12-14(17)18)20-21(7,8)15(2,3)4;1-10-12-13-16(6,17-7)14(11-2)18-19(8,9)15(3,4)5;2*1-9-10-11-15(5,17-6)13(12-16)18-19(7,8)14(2,3)4/h11,13,15H,10,12,14H2,1-9H3;12-13H,9-11H2,1-8H3;2,14H,10,12-13H2,1,3-9H3;13,16H,9-12H2,1-8H3;12-13H,9-11H2,1-8H3/b13-11+;;;;/t15-,17-;13-,16-;14-,16-;2*13-,15-/m11111/s1. The highest BCUT2D eigenvalue weighted by atomic mass is 79.9. The highest BCUT2D eigenvalue weighted by Gasteiger charge is 2.49. The van der Waals surface area contributed by atoms with E-state index >= 15 is 0 Å². The van der Waals surface area contributed by atoms with Gasteiger partial charge in [-0.25, -0.2) is 0 Å². The number of hydrogen-bond donors (Lipinski definition) is 1. The fourth-order valence-corrected chi connectivity index (χ4v) is 16.0. The molecule has 0 aromatic carbocycles. The number of ether oxygens (including phenoxy) is 5. The normalized spacial score (nSPS) is 17.8. The van der Waals surface area contributed by atoms with Crippen LogP contribution in [-0.4, -0.2) is 154 Å². The second kappa shape index (κ2) is 46.5. The number of carbonyl (C=O) groups is 1. The maximum atomic E-state index is 11.5. The Bertz CT molecular complexity index is 2220. The summed E-state index contributed by atoms with van der Waals surface area (Å²) in [7, 11) is -0.698. The van der Waals surface area contributed by atoms with Crippen molar-refractivity contribution >= 4 is 79.7 Å². The van der Waals surface area contributed by atoms with Crippen LogP contribution >= 0.6 is 31.9 Å². The number of aldehydes is 1. The first kappa shape index (κ1) is 107. The minimum atomic E-state index is -1.97. The molecule has 0 aromatic rings. The highest BCUT2D eigenvalue weighted by Crippen LogP contribution is 2.45. The minimum absolute atomic E-state index is 0.0144. The predicted molar refractivity (Wildman–Crippen MR) is 448 cm³/mol. The van der Waals surface area contributed by atoms with Crippen LogP contribution in [0.25, 0.3) is 0 Å². The average molecular weight is 1610 g/mol. The lowest BCUT2D eigenvalue weighted by Gasteiger charge is -2.44. The van der Waals surface area contributed by atoms with E-state index in [1.165, 1.54) is 12.8 Å². The summed E-state index contributed by atoms with van der Waals surface area (Å²) in [5.41, 5.74) is -1.86. The summed E-state index contributed by atoms with van der Waals surface area (Å²) in [5, 5.41) is 10.5. The van der Waals surface area contributed by atoms with E-state index in [4.69, 9.17) is 52.2 Å². The quantitative estimate of drug-likeness (QED) is 0.0272. The average Bonchev–Trinajstić information content (AvgIpc) is 0.831. The van der Waals surface area contributed by atoms with Crippen LogP contribution in [0.5, 0.6) is 0 Å². The molecule has 0 aliphatic heterocycles. The van der Waals surface area contributed by atoms with Crippen molar-refractivity contribution in [2.45, 2.75) is 426 Å². The number of aliphatic hydroxyl groups excluding tert-OH is 1. The van der Waals surface area contributed by atoms with Gasteiger partial charge in [0.2, 0.25) is 0 Å². The molecule has 0 bridgehead atoms. The van der Waals surface area contributed by atoms with Crippen LogP contribution in [0.2, 0.25) is 90.7 Å². The Hall–Kier alpha value is 0.314. The molecular formula is C79H166Br2O12Si5. The number of unbranched alkanes of at least 4 members (excludes halogenated alkanes) is 5. The molecule has 98 heavy (non-hydrogen) atoms. The van der Waals surface area contributed by atoms with Crippen molar-refractivity contribution in [1.82, 2.24) is 0 Å². The number of allylic oxidation sites excluding steroid dienone is 1. The van der Waals surface area contributed by atoms with E-state index in [-0.39, 0.29) is 73.0 Å². The van der Waals surface area contributed by atoms with Crippen molar-refractivity contribution in [3.05, 3.63) is 21.6 Å². The van der Waals surface area contributed by atoms with Gasteiger partial charge in [0.05, 0.1) is 50.7 Å². The molecule has 0 amide bonds. The second-order valence-corrected chi connectivity index (χ2v) is 62.6. The summed E-state index contributed by atoms with van der Waals surface area (Å²) in [6.07, 6.45) is 27.9. The SMILES string of the molecule is C#C[C@@H](O[Si](C)(C)C(C)(C)C)[C@@](C)(CCCC)OC.C/C=C/[C@@H](O[Si](C)(C)C(C)(C)C)[C@@](C)(CCCC)OC.CCCC[C@@](C)(OC)[C@@H](C=C(Br)Br)O[Si](C)(C)C(C)(C)C.CCCC[C@@](C)(OC)[C@@H](C=O)O[Si](C)(C)C(C)(C)C.CCCC[C@@](C)(OC)[C@@H](CO)O[Si](C)(C)C(C)(C)C. The molecule has 0 aliphatic carbocycles. The molecule has 0 aliphatic rings. The summed E-state index contributed by atoms with van der Waals surface area (Å²) < 4.78 is 61.9. The van der Waals surface area contributed by atoms with Crippen molar-refractivity contribution in [1.29, 1.82) is 0 Å². The first-order chi connectivity index (χ1) is 44.0. The molecule has 10 atom stereocenters. The van der Waals surface area contributed by atoms with Crippen molar-refractivity contribution in [3.8, 4) is 12.3 Å². The molecule has 0 heterocycles. The lowest BCUT2D eigenvalue weighted by Crippen LogP contribution is -2.53. The fourth-order valence-electron chi connectivity index (χ4n) is 8.92. The molecule has 0 rings (SSSR count). The molecular weight excluding hydrogens is 1440 g/mol. The van der Waals surface area contributed by atoms with E-state index in [1.54, 1.807) is 35.5 Å². The minimum Gasteiger partial charge on any atom is -0.409 e. The van der Waals surface area contributed by atoms with Crippen LogP contribution in [0.4, 0.5) is 0 Å². The zero-order valence-electron chi connectivity index (χ0n) is 72.3. The van der Waals surface area contributed by atoms with Gasteiger partial charge in [-0.05, 0) is 202 Å². The summed E-state index contributed by atoms with van der Waals surface area (Å²) in [4.78, 5) is 11.5. The Balaban J connectivity index is -0.000000368. The van der Waals surface area contributed by atoms with Crippen molar-refractivity contribution in [3.63, 3.8) is 0 Å². The van der Waals surface area contributed by atoms with E-state index in [0.717, 1.165) is 93.1 Å². The Morgan fingerprint density at radius 1 is 0.408 bits per heavy atom. The van der Waals surface area contributed by atoms with E-state index in [1.807, 2.05) is 6.92 Å². The summed E-state index contributed by atoms with van der Waals surface area (Å²) in [5.74, 6) is 2.82. The zero-order valence-corrected chi connectivity index (χ0v) is 80.5. The highest BCUT2D eigenvalue weighted by molar-refractivity contribution is 9.28. The number of carbonyl (C=O) groups excluding carboxylic acids is 1. The van der Waals surface area contributed by atoms with Crippen LogP contribution in [0, 0.1) is 12.3 Å². The molecule has 0 saturated heterocycles. The molecule has 0 radical (unpaired) electrons. The van der Waals surface area contributed by atoms with Gasteiger partial charge in [-0.1, -0.05) is 221 Å². The molecule has 19 heteroatoms. The van der Waals surface area contributed by atoms with Crippen LogP contribution in [0.1, 0.15) is 276 Å². The Morgan fingerprint density at radius 3 is 0.898 bits per heavy atom. The summed E-state index contributed by atoms with van der Waals surface area (Å²) in [6, 6.07) is 0. The van der Waals surface area contributed by atoms with Crippen molar-refractivity contribution in [2.75, 3.05) is 42.2 Å². The second-order valence-electron chi connectivity index (χ2n) is 36.1. The summed E-state index contributed by atoms with van der Waals surface area (Å²) in [6.45, 7) is 79.3. The van der Waals surface area contributed by atoms with E-state index < -0.39 is 58.9 Å². The molecule has 0 fully saturated rings. The van der Waals surface area contributed by atoms with E-state index in [0.29, 0.717) is 0 Å². The number of aliphatic hydroxyl groups is 1. The molecule has 0 spiro atoms. The van der Waals surface area contributed by atoms with Gasteiger partial charge in [0.1, 0.15) is 24.1 Å². The van der Waals surface area contributed by atoms with E-state index in [9.17, 15) is 9.90 Å².